The zero-order chi connectivity index (χ0) is 15.9. The largest absolute Gasteiger partial charge is 0.481 e. The number of amides is 1. The molecule has 1 N–H and O–H groups in total. The van der Waals surface area contributed by atoms with E-state index >= 15 is 0 Å². The van der Waals surface area contributed by atoms with E-state index in [-0.39, 0.29) is 19.0 Å². The highest BCUT2D eigenvalue weighted by Crippen LogP contribution is 2.34. The van der Waals surface area contributed by atoms with Crippen molar-refractivity contribution in [2.75, 3.05) is 13.1 Å². The Balaban J connectivity index is 1.89. The van der Waals surface area contributed by atoms with Crippen LogP contribution in [0, 0.1) is 12.3 Å². The summed E-state index contributed by atoms with van der Waals surface area (Å²) in [6.45, 7) is 3.71. The van der Waals surface area contributed by atoms with Crippen molar-refractivity contribution >= 4 is 11.9 Å². The minimum Gasteiger partial charge on any atom is -0.481 e. The number of likely N-dealkylation sites (tertiary alicyclic amines) is 1. The minimum atomic E-state index is -0.887. The molecule has 1 aliphatic heterocycles. The molecule has 114 valence electrons. The SMILES string of the molecule is Cc1onc(-c2ccccc2)c1C(=O)N1CC(C)(C(=O)O)C1. The predicted molar refractivity (Wildman–Crippen MR) is 78.3 cm³/mol. The van der Waals surface area contributed by atoms with Crippen LogP contribution in [-0.4, -0.2) is 40.1 Å². The van der Waals surface area contributed by atoms with E-state index in [4.69, 9.17) is 9.63 Å². The maximum atomic E-state index is 12.6. The van der Waals surface area contributed by atoms with Crippen LogP contribution in [0.3, 0.4) is 0 Å². The van der Waals surface area contributed by atoms with Crippen LogP contribution < -0.4 is 0 Å². The normalized spacial score (nSPS) is 16.2. The number of hydrogen-bond donors (Lipinski definition) is 1. The molecule has 2 aromatic rings. The van der Waals surface area contributed by atoms with Crippen LogP contribution >= 0.6 is 0 Å². The van der Waals surface area contributed by atoms with Crippen LogP contribution in [0.25, 0.3) is 11.3 Å². The first kappa shape index (κ1) is 14.3. The van der Waals surface area contributed by atoms with Crippen molar-refractivity contribution in [2.45, 2.75) is 13.8 Å². The number of carbonyl (C=O) groups is 2. The van der Waals surface area contributed by atoms with Gasteiger partial charge in [0.05, 0.1) is 0 Å². The lowest BCUT2D eigenvalue weighted by Crippen LogP contribution is -2.60. The second kappa shape index (κ2) is 4.98. The lowest BCUT2D eigenvalue weighted by molar-refractivity contribution is -0.155. The smallest absolute Gasteiger partial charge is 0.312 e. The molecule has 0 aliphatic carbocycles. The second-order valence-corrected chi connectivity index (χ2v) is 5.86. The molecule has 22 heavy (non-hydrogen) atoms. The summed E-state index contributed by atoms with van der Waals surface area (Å²) in [5.74, 6) is -0.689. The van der Waals surface area contributed by atoms with Gasteiger partial charge in [-0.2, -0.15) is 0 Å². The molecule has 0 spiro atoms. The Morgan fingerprint density at radius 2 is 1.91 bits per heavy atom. The van der Waals surface area contributed by atoms with E-state index in [9.17, 15) is 9.59 Å². The van der Waals surface area contributed by atoms with Gasteiger partial charge in [-0.25, -0.2) is 0 Å². The van der Waals surface area contributed by atoms with Gasteiger partial charge < -0.3 is 14.5 Å². The van der Waals surface area contributed by atoms with Crippen molar-refractivity contribution < 1.29 is 19.2 Å². The molecule has 1 fully saturated rings. The number of hydrogen-bond acceptors (Lipinski definition) is 4. The van der Waals surface area contributed by atoms with E-state index < -0.39 is 11.4 Å². The van der Waals surface area contributed by atoms with Crippen LogP contribution in [0.4, 0.5) is 0 Å². The van der Waals surface area contributed by atoms with Gasteiger partial charge in [-0.15, -0.1) is 0 Å². The number of nitrogens with zero attached hydrogens (tertiary/aromatic N) is 2. The molecule has 6 heteroatoms. The average Bonchev–Trinajstić information content (AvgIpc) is 2.85. The van der Waals surface area contributed by atoms with Gasteiger partial charge in [-0.05, 0) is 13.8 Å². The van der Waals surface area contributed by atoms with Gasteiger partial charge in [0.2, 0.25) is 0 Å². The highest BCUT2D eigenvalue weighted by atomic mass is 16.5. The summed E-state index contributed by atoms with van der Waals surface area (Å²) in [5.41, 5.74) is 0.822. The number of carboxylic acid groups (broad SMARTS) is 1. The van der Waals surface area contributed by atoms with Crippen molar-refractivity contribution in [3.05, 3.63) is 41.7 Å². The number of carbonyl (C=O) groups excluding carboxylic acids is 1. The fraction of sp³-hybridized carbons (Fsp3) is 0.312. The summed E-state index contributed by atoms with van der Waals surface area (Å²) in [5, 5.41) is 13.1. The standard InChI is InChI=1S/C16H16N2O4/c1-10-12(13(17-22-10)11-6-4-3-5-7-11)14(19)18-8-16(2,9-18)15(20)21/h3-7H,8-9H2,1-2H3,(H,20,21). The monoisotopic (exact) mass is 300 g/mol. The maximum absolute atomic E-state index is 12.6. The van der Waals surface area contributed by atoms with Crippen molar-refractivity contribution in [1.29, 1.82) is 0 Å². The molecule has 3 rings (SSSR count). The first-order chi connectivity index (χ1) is 10.4. The molecule has 0 radical (unpaired) electrons. The summed E-state index contributed by atoms with van der Waals surface area (Å²) >= 11 is 0. The maximum Gasteiger partial charge on any atom is 0.312 e. The van der Waals surface area contributed by atoms with E-state index in [1.807, 2.05) is 30.3 Å². The molecule has 0 saturated carbocycles. The number of aliphatic carboxylic acids is 1. The van der Waals surface area contributed by atoms with Crippen LogP contribution in [0.15, 0.2) is 34.9 Å². The van der Waals surface area contributed by atoms with Crippen molar-refractivity contribution in [2.24, 2.45) is 5.41 Å². The van der Waals surface area contributed by atoms with Gasteiger partial charge in [0.15, 0.2) is 0 Å². The first-order valence-corrected chi connectivity index (χ1v) is 6.97. The molecule has 6 nitrogen and oxygen atoms in total. The van der Waals surface area contributed by atoms with E-state index in [1.165, 1.54) is 4.90 Å². The average molecular weight is 300 g/mol. The summed E-state index contributed by atoms with van der Waals surface area (Å²) in [7, 11) is 0. The molecular weight excluding hydrogens is 284 g/mol. The molecule has 0 atom stereocenters. The molecule has 1 saturated heterocycles. The summed E-state index contributed by atoms with van der Waals surface area (Å²) in [4.78, 5) is 25.3. The quantitative estimate of drug-likeness (QED) is 0.939. The van der Waals surface area contributed by atoms with E-state index in [1.54, 1.807) is 13.8 Å². The molecule has 0 unspecified atom stereocenters. The first-order valence-electron chi connectivity index (χ1n) is 6.97. The van der Waals surface area contributed by atoms with Crippen LogP contribution in [0.5, 0.6) is 0 Å². The second-order valence-electron chi connectivity index (χ2n) is 5.86. The molecule has 2 heterocycles. The third-order valence-corrected chi connectivity index (χ3v) is 4.01. The fourth-order valence-electron chi connectivity index (χ4n) is 2.65. The molecule has 0 bridgehead atoms. The summed E-state index contributed by atoms with van der Waals surface area (Å²) < 4.78 is 5.18. The fourth-order valence-corrected chi connectivity index (χ4v) is 2.65. The third kappa shape index (κ3) is 2.16. The molecule has 1 amide bonds. The van der Waals surface area contributed by atoms with Crippen LogP contribution in [0.2, 0.25) is 0 Å². The number of rotatable bonds is 3. The predicted octanol–water partition coefficient (Wildman–Crippen LogP) is 2.20. The van der Waals surface area contributed by atoms with Crippen molar-refractivity contribution in [3.8, 4) is 11.3 Å². The van der Waals surface area contributed by atoms with Gasteiger partial charge in [0.1, 0.15) is 22.4 Å². The molecular formula is C16H16N2O4. The van der Waals surface area contributed by atoms with Crippen molar-refractivity contribution in [3.63, 3.8) is 0 Å². The van der Waals surface area contributed by atoms with E-state index in [0.717, 1.165) is 5.56 Å². The van der Waals surface area contributed by atoms with E-state index in [2.05, 4.69) is 5.16 Å². The third-order valence-electron chi connectivity index (χ3n) is 4.01. The Hall–Kier alpha value is -2.63. The molecule has 1 aromatic carbocycles. The minimum absolute atomic E-state index is 0.194. The van der Waals surface area contributed by atoms with Crippen molar-refractivity contribution in [1.82, 2.24) is 10.1 Å². The van der Waals surface area contributed by atoms with E-state index in [0.29, 0.717) is 17.0 Å². The Kier molecular flexibility index (Phi) is 3.24. The number of carboxylic acids is 1. The molecule has 1 aromatic heterocycles. The lowest BCUT2D eigenvalue weighted by atomic mass is 9.81. The summed E-state index contributed by atoms with van der Waals surface area (Å²) in [6.07, 6.45) is 0. The Morgan fingerprint density at radius 1 is 1.27 bits per heavy atom. The van der Waals surface area contributed by atoms with Gasteiger partial charge in [-0.1, -0.05) is 35.5 Å². The van der Waals surface area contributed by atoms with Crippen LogP contribution in [0.1, 0.15) is 23.0 Å². The zero-order valence-electron chi connectivity index (χ0n) is 12.4. The lowest BCUT2D eigenvalue weighted by Gasteiger charge is -2.44. The number of benzene rings is 1. The highest BCUT2D eigenvalue weighted by molar-refractivity contribution is 6.02. The Morgan fingerprint density at radius 3 is 2.50 bits per heavy atom. The number of aryl methyl sites for hydroxylation is 1. The highest BCUT2D eigenvalue weighted by Gasteiger charge is 2.48. The topological polar surface area (TPSA) is 83.6 Å². The van der Waals surface area contributed by atoms with Gasteiger partial charge in [0.25, 0.3) is 5.91 Å². The zero-order valence-corrected chi connectivity index (χ0v) is 12.4. The molecule has 1 aliphatic rings. The van der Waals surface area contributed by atoms with Gasteiger partial charge >= 0.3 is 5.97 Å². The Labute approximate surface area is 127 Å². The number of aromatic nitrogens is 1. The Bertz CT molecular complexity index is 730. The van der Waals surface area contributed by atoms with Gasteiger partial charge in [-0.3, -0.25) is 9.59 Å². The summed E-state index contributed by atoms with van der Waals surface area (Å²) in [6, 6.07) is 9.31. The van der Waals surface area contributed by atoms with Gasteiger partial charge in [0, 0.05) is 18.7 Å². The van der Waals surface area contributed by atoms with Crippen LogP contribution in [-0.2, 0) is 4.79 Å².